The van der Waals surface area contributed by atoms with Gasteiger partial charge in [-0.1, -0.05) is 299 Å². The van der Waals surface area contributed by atoms with E-state index in [-0.39, 0.29) is 0 Å². The van der Waals surface area contributed by atoms with Gasteiger partial charge >= 0.3 is 0 Å². The zero-order valence-corrected chi connectivity index (χ0v) is 47.1. The van der Waals surface area contributed by atoms with Gasteiger partial charge in [-0.25, -0.2) is 0 Å². The van der Waals surface area contributed by atoms with Gasteiger partial charge in [0.2, 0.25) is 0 Å². The second-order valence-electron chi connectivity index (χ2n) is 22.1. The minimum atomic E-state index is 1.21. The maximum Gasteiger partial charge on any atom is 0.104 e. The molecule has 1 nitrogen and oxygen atoms in total. The maximum absolute atomic E-state index is 2.53. The van der Waals surface area contributed by atoms with E-state index in [9.17, 15) is 0 Å². The van der Waals surface area contributed by atoms with Crippen molar-refractivity contribution in [2.75, 3.05) is 19.6 Å². The predicted molar refractivity (Wildman–Crippen MR) is 311 cm³/mol. The van der Waals surface area contributed by atoms with Crippen LogP contribution in [-0.2, 0) is 6.54 Å². The lowest BCUT2D eigenvalue weighted by atomic mass is 10.0. The quantitative estimate of drug-likeness (QED) is 0.0347. The number of rotatable bonds is 56. The fourth-order valence-electron chi connectivity index (χ4n) is 10.7. The first-order valence-electron chi connectivity index (χ1n) is 31.6. The van der Waals surface area contributed by atoms with E-state index >= 15 is 0 Å². The molecule has 0 aromatic heterocycles. The Morgan fingerprint density at radius 3 is 0.691 bits per heavy atom. The van der Waals surface area contributed by atoms with Gasteiger partial charge in [-0.15, -0.1) is 0 Å². The minimum Gasteiger partial charge on any atom is -0.320 e. The Morgan fingerprint density at radius 2 is 0.456 bits per heavy atom. The molecule has 0 aliphatic heterocycles. The van der Waals surface area contributed by atoms with Crippen LogP contribution in [0.15, 0.2) is 66.8 Å². The van der Waals surface area contributed by atoms with Gasteiger partial charge in [-0.2, -0.15) is 0 Å². The van der Waals surface area contributed by atoms with Crippen molar-refractivity contribution < 1.29 is 4.48 Å². The fraction of sp³-hybridized carbons (Fsp3) is 0.821. The van der Waals surface area contributed by atoms with Crippen molar-refractivity contribution in [1.82, 2.24) is 0 Å². The summed E-state index contributed by atoms with van der Waals surface area (Å²) >= 11 is 0. The maximum atomic E-state index is 2.53. The Labute approximate surface area is 430 Å². The van der Waals surface area contributed by atoms with Gasteiger partial charge < -0.3 is 4.48 Å². The van der Waals surface area contributed by atoms with E-state index in [1.807, 2.05) is 0 Å². The lowest BCUT2D eigenvalue weighted by Gasteiger charge is -2.39. The molecular formula is C67H124N+. The molecule has 0 N–H and O–H groups in total. The molecule has 0 aliphatic rings. The summed E-state index contributed by atoms with van der Waals surface area (Å²) in [5.41, 5.74) is 1.54. The molecule has 1 aromatic rings. The molecule has 0 heterocycles. The summed E-state index contributed by atoms with van der Waals surface area (Å²) in [7, 11) is 0. The lowest BCUT2D eigenvalue weighted by molar-refractivity contribution is -0.941. The van der Waals surface area contributed by atoms with Gasteiger partial charge in [0.05, 0.1) is 19.6 Å². The highest BCUT2D eigenvalue weighted by Gasteiger charge is 2.26. The Morgan fingerprint density at radius 1 is 0.250 bits per heavy atom. The van der Waals surface area contributed by atoms with Crippen molar-refractivity contribution in [3.05, 3.63) is 72.4 Å². The SMILES string of the molecule is CCCCCCCCCCCCCC/C=C/CCCC[N+](CCCC/C=C/CCCCCCCCCCCCCC)(CCCC/C=C/CCCCCCCCCCCCCC)Cc1ccccc1. The van der Waals surface area contributed by atoms with Gasteiger partial charge in [-0.3, -0.25) is 0 Å². The van der Waals surface area contributed by atoms with Crippen molar-refractivity contribution >= 4 is 0 Å². The van der Waals surface area contributed by atoms with Gasteiger partial charge in [0.25, 0.3) is 0 Å². The summed E-state index contributed by atoms with van der Waals surface area (Å²) in [5.74, 6) is 0. The van der Waals surface area contributed by atoms with Crippen molar-refractivity contribution in [3.63, 3.8) is 0 Å². The van der Waals surface area contributed by atoms with Gasteiger partial charge in [-0.05, 0) is 96.3 Å². The molecule has 0 saturated heterocycles. The molecule has 0 bridgehead atoms. The van der Waals surface area contributed by atoms with E-state index in [2.05, 4.69) is 87.6 Å². The number of hydrogen-bond acceptors (Lipinski definition) is 0. The van der Waals surface area contributed by atoms with Crippen molar-refractivity contribution in [2.45, 2.75) is 336 Å². The summed E-state index contributed by atoms with van der Waals surface area (Å²) in [6.07, 6.45) is 82.6. The second kappa shape index (κ2) is 54.7. The molecule has 1 heteroatoms. The lowest BCUT2D eigenvalue weighted by Crippen LogP contribution is -2.49. The normalized spacial score (nSPS) is 12.3. The molecule has 0 aliphatic carbocycles. The van der Waals surface area contributed by atoms with E-state index in [1.165, 1.54) is 339 Å². The molecule has 0 fully saturated rings. The topological polar surface area (TPSA) is 0 Å². The van der Waals surface area contributed by atoms with Crippen LogP contribution in [0.4, 0.5) is 0 Å². The summed E-state index contributed by atoms with van der Waals surface area (Å²) in [5, 5.41) is 0. The molecule has 68 heavy (non-hydrogen) atoms. The Kier molecular flexibility index (Phi) is 51.8. The predicted octanol–water partition coefficient (Wildman–Crippen LogP) is 23.5. The van der Waals surface area contributed by atoms with Crippen LogP contribution in [0.25, 0.3) is 0 Å². The van der Waals surface area contributed by atoms with Gasteiger partial charge in [0.1, 0.15) is 6.54 Å². The van der Waals surface area contributed by atoms with E-state index in [1.54, 1.807) is 5.56 Å². The second-order valence-corrected chi connectivity index (χ2v) is 22.1. The van der Waals surface area contributed by atoms with E-state index in [4.69, 9.17) is 0 Å². The molecule has 0 spiro atoms. The number of quaternary nitrogens is 1. The largest absolute Gasteiger partial charge is 0.320 e. The smallest absolute Gasteiger partial charge is 0.104 e. The molecule has 0 unspecified atom stereocenters. The van der Waals surface area contributed by atoms with Crippen LogP contribution >= 0.6 is 0 Å². The first-order chi connectivity index (χ1) is 33.8. The molecule has 0 saturated carbocycles. The summed E-state index contributed by atoms with van der Waals surface area (Å²) in [6, 6.07) is 11.6. The fourth-order valence-corrected chi connectivity index (χ4v) is 10.7. The van der Waals surface area contributed by atoms with E-state index in [0.717, 1.165) is 0 Å². The number of benzene rings is 1. The molecule has 0 atom stereocenters. The Balaban J connectivity index is 2.51. The highest BCUT2D eigenvalue weighted by Crippen LogP contribution is 2.23. The van der Waals surface area contributed by atoms with E-state index < -0.39 is 0 Å². The molecule has 396 valence electrons. The monoisotopic (exact) mass is 943 g/mol. The Bertz CT molecular complexity index is 1050. The third-order valence-corrected chi connectivity index (χ3v) is 15.3. The van der Waals surface area contributed by atoms with Crippen molar-refractivity contribution in [3.8, 4) is 0 Å². The van der Waals surface area contributed by atoms with Crippen LogP contribution in [0, 0.1) is 0 Å². The van der Waals surface area contributed by atoms with Gasteiger partial charge in [0.15, 0.2) is 0 Å². The minimum absolute atomic E-state index is 1.21. The third kappa shape index (κ3) is 46.8. The van der Waals surface area contributed by atoms with E-state index in [0.29, 0.717) is 0 Å². The number of nitrogens with zero attached hydrogens (tertiary/aromatic N) is 1. The highest BCUT2D eigenvalue weighted by molar-refractivity contribution is 5.13. The van der Waals surface area contributed by atoms with Crippen LogP contribution in [0.2, 0.25) is 0 Å². The summed E-state index contributed by atoms with van der Waals surface area (Å²) < 4.78 is 1.29. The van der Waals surface area contributed by atoms with Gasteiger partial charge in [0, 0.05) is 5.56 Å². The summed E-state index contributed by atoms with van der Waals surface area (Å²) in [6.45, 7) is 12.2. The van der Waals surface area contributed by atoms with Crippen LogP contribution < -0.4 is 0 Å². The average Bonchev–Trinajstić information content (AvgIpc) is 3.35. The highest BCUT2D eigenvalue weighted by atomic mass is 15.3. The average molecular weight is 944 g/mol. The number of unbranched alkanes of at least 4 members (excludes halogenated alkanes) is 42. The van der Waals surface area contributed by atoms with Crippen LogP contribution in [0.3, 0.4) is 0 Å². The van der Waals surface area contributed by atoms with Crippen LogP contribution in [-0.4, -0.2) is 24.1 Å². The van der Waals surface area contributed by atoms with Crippen LogP contribution in [0.1, 0.15) is 335 Å². The standard InChI is InChI=1S/C67H124N/c1-4-7-10-13-16-19-22-25-28-31-34-37-40-43-46-49-52-58-63-68(66-67-61-56-55-57-62-67,64-59-53-50-47-44-41-38-35-32-29-26-23-20-17-14-11-8-5-2)65-60-54-51-48-45-42-39-36-33-30-27-24-21-18-15-12-9-6-3/h43-48,55-57,61-62H,4-42,49-54,58-60,63-66H2,1-3H3/q+1/b46-43+,47-44+,48-45+. The number of allylic oxidation sites excluding steroid dienone is 6. The molecule has 1 aromatic carbocycles. The summed E-state index contributed by atoms with van der Waals surface area (Å²) in [4.78, 5) is 0. The molecule has 0 amide bonds. The molecule has 1 rings (SSSR count). The zero-order valence-electron chi connectivity index (χ0n) is 47.1. The number of hydrogen-bond donors (Lipinski definition) is 0. The van der Waals surface area contributed by atoms with Crippen LogP contribution in [0.5, 0.6) is 0 Å². The zero-order chi connectivity index (χ0) is 48.6. The van der Waals surface area contributed by atoms with Crippen molar-refractivity contribution in [2.24, 2.45) is 0 Å². The van der Waals surface area contributed by atoms with Crippen molar-refractivity contribution in [1.29, 1.82) is 0 Å². The molecular weight excluding hydrogens is 819 g/mol. The first kappa shape index (κ1) is 64.4. The Hall–Kier alpha value is -1.60. The third-order valence-electron chi connectivity index (χ3n) is 15.3. The molecule has 0 radical (unpaired) electrons. The first-order valence-corrected chi connectivity index (χ1v) is 31.6.